The lowest BCUT2D eigenvalue weighted by atomic mass is 10.2. The molecular weight excluding hydrogens is 280 g/mol. The maximum atomic E-state index is 12.4. The first kappa shape index (κ1) is 13.7. The van der Waals surface area contributed by atoms with E-state index in [-0.39, 0.29) is 18.3 Å². The highest BCUT2D eigenvalue weighted by molar-refractivity contribution is 7.14. The standard InChI is InChI=1S/C12H14ClF2NOS/c13-4-5-16(7-11(14)15)12(17)10-6-8-2-1-3-9(8)18-10/h6,11H,1-5,7H2. The molecule has 18 heavy (non-hydrogen) atoms. The fraction of sp³-hybridized carbons (Fsp3) is 0.583. The van der Waals surface area contributed by atoms with Crippen LogP contribution in [0.4, 0.5) is 8.78 Å². The third-order valence-electron chi connectivity index (χ3n) is 2.96. The number of carbonyl (C=O) groups excluding carboxylic acids is 1. The SMILES string of the molecule is O=C(c1cc2c(s1)CCC2)N(CCCl)CC(F)F. The van der Waals surface area contributed by atoms with Crippen LogP contribution >= 0.6 is 22.9 Å². The topological polar surface area (TPSA) is 20.3 Å². The van der Waals surface area contributed by atoms with Crippen LogP contribution in [0.15, 0.2) is 6.07 Å². The van der Waals surface area contributed by atoms with Gasteiger partial charge < -0.3 is 4.90 Å². The number of aryl methyl sites for hydroxylation is 2. The van der Waals surface area contributed by atoms with Crippen molar-refractivity contribution in [2.45, 2.75) is 25.7 Å². The third kappa shape index (κ3) is 3.01. The summed E-state index contributed by atoms with van der Waals surface area (Å²) in [6.45, 7) is -0.387. The van der Waals surface area contributed by atoms with Crippen LogP contribution in [0.2, 0.25) is 0 Å². The molecule has 2 nitrogen and oxygen atoms in total. The van der Waals surface area contributed by atoms with Crippen LogP contribution in [-0.2, 0) is 12.8 Å². The van der Waals surface area contributed by atoms with E-state index < -0.39 is 13.0 Å². The van der Waals surface area contributed by atoms with E-state index >= 15 is 0 Å². The number of amides is 1. The highest BCUT2D eigenvalue weighted by Crippen LogP contribution is 2.31. The van der Waals surface area contributed by atoms with Crippen molar-refractivity contribution >= 4 is 28.8 Å². The molecule has 0 saturated carbocycles. The molecular formula is C12H14ClF2NOS. The third-order valence-corrected chi connectivity index (χ3v) is 4.35. The molecule has 1 aliphatic carbocycles. The first-order valence-electron chi connectivity index (χ1n) is 5.86. The van der Waals surface area contributed by atoms with E-state index in [9.17, 15) is 13.6 Å². The van der Waals surface area contributed by atoms with Gasteiger partial charge in [-0.05, 0) is 30.9 Å². The molecule has 1 amide bonds. The van der Waals surface area contributed by atoms with E-state index in [2.05, 4.69) is 0 Å². The van der Waals surface area contributed by atoms with Crippen LogP contribution in [0.5, 0.6) is 0 Å². The summed E-state index contributed by atoms with van der Waals surface area (Å²) < 4.78 is 24.8. The van der Waals surface area contributed by atoms with Gasteiger partial charge in [-0.1, -0.05) is 0 Å². The van der Waals surface area contributed by atoms with Gasteiger partial charge in [-0.15, -0.1) is 22.9 Å². The van der Waals surface area contributed by atoms with Gasteiger partial charge in [0.1, 0.15) is 0 Å². The van der Waals surface area contributed by atoms with Crippen molar-refractivity contribution in [3.63, 3.8) is 0 Å². The van der Waals surface area contributed by atoms with Gasteiger partial charge in [0.05, 0.1) is 11.4 Å². The summed E-state index contributed by atoms with van der Waals surface area (Å²) in [6, 6.07) is 1.85. The fourth-order valence-electron chi connectivity index (χ4n) is 2.13. The molecule has 0 unspecified atom stereocenters. The Morgan fingerprint density at radius 1 is 1.50 bits per heavy atom. The van der Waals surface area contributed by atoms with E-state index in [0.717, 1.165) is 24.2 Å². The maximum Gasteiger partial charge on any atom is 0.264 e. The van der Waals surface area contributed by atoms with E-state index in [0.29, 0.717) is 4.88 Å². The van der Waals surface area contributed by atoms with Crippen molar-refractivity contribution in [3.8, 4) is 0 Å². The van der Waals surface area contributed by atoms with Crippen LogP contribution in [0.1, 0.15) is 26.5 Å². The Kier molecular flexibility index (Phi) is 4.56. The largest absolute Gasteiger partial charge is 0.331 e. The van der Waals surface area contributed by atoms with Gasteiger partial charge in [-0.2, -0.15) is 0 Å². The van der Waals surface area contributed by atoms with Crippen molar-refractivity contribution in [2.75, 3.05) is 19.0 Å². The molecule has 0 fully saturated rings. The summed E-state index contributed by atoms with van der Waals surface area (Å²) in [7, 11) is 0. The fourth-order valence-corrected chi connectivity index (χ4v) is 3.56. The lowest BCUT2D eigenvalue weighted by Crippen LogP contribution is -2.36. The van der Waals surface area contributed by atoms with Gasteiger partial charge in [0.2, 0.25) is 0 Å². The van der Waals surface area contributed by atoms with E-state index in [4.69, 9.17) is 11.6 Å². The molecule has 100 valence electrons. The number of nitrogens with zero attached hydrogens (tertiary/aromatic N) is 1. The van der Waals surface area contributed by atoms with Crippen LogP contribution in [0.3, 0.4) is 0 Å². The molecule has 2 rings (SSSR count). The Hall–Kier alpha value is -0.680. The summed E-state index contributed by atoms with van der Waals surface area (Å²) in [6.07, 6.45) is 0.586. The Labute approximate surface area is 114 Å². The van der Waals surface area contributed by atoms with Gasteiger partial charge in [-0.25, -0.2) is 8.78 Å². The summed E-state index contributed by atoms with van der Waals surface area (Å²) >= 11 is 6.98. The number of hydrogen-bond acceptors (Lipinski definition) is 2. The Morgan fingerprint density at radius 3 is 2.89 bits per heavy atom. The molecule has 0 radical (unpaired) electrons. The molecule has 1 aromatic heterocycles. The molecule has 0 aliphatic heterocycles. The van der Waals surface area contributed by atoms with E-state index in [1.54, 1.807) is 0 Å². The lowest BCUT2D eigenvalue weighted by Gasteiger charge is -2.20. The van der Waals surface area contributed by atoms with Crippen LogP contribution in [0.25, 0.3) is 0 Å². The molecule has 0 spiro atoms. The molecule has 0 N–H and O–H groups in total. The Balaban J connectivity index is 2.11. The smallest absolute Gasteiger partial charge is 0.264 e. The number of carbonyl (C=O) groups is 1. The number of alkyl halides is 3. The van der Waals surface area contributed by atoms with Crippen molar-refractivity contribution in [3.05, 3.63) is 21.4 Å². The minimum absolute atomic E-state index is 0.160. The molecule has 0 atom stereocenters. The first-order valence-corrected chi connectivity index (χ1v) is 7.22. The number of thiophene rings is 1. The zero-order chi connectivity index (χ0) is 13.1. The van der Waals surface area contributed by atoms with Gasteiger partial charge >= 0.3 is 0 Å². The second-order valence-electron chi connectivity index (χ2n) is 4.24. The maximum absolute atomic E-state index is 12.4. The average molecular weight is 294 g/mol. The zero-order valence-electron chi connectivity index (χ0n) is 9.79. The Morgan fingerprint density at radius 2 is 2.28 bits per heavy atom. The molecule has 1 heterocycles. The van der Waals surface area contributed by atoms with Gasteiger partial charge in [0, 0.05) is 17.3 Å². The van der Waals surface area contributed by atoms with Crippen molar-refractivity contribution in [2.24, 2.45) is 0 Å². The second kappa shape index (κ2) is 5.97. The predicted molar refractivity (Wildman–Crippen MR) is 69.0 cm³/mol. The normalized spacial score (nSPS) is 14.0. The summed E-state index contributed by atoms with van der Waals surface area (Å²) in [5.74, 6) is -0.154. The average Bonchev–Trinajstić information content (AvgIpc) is 2.86. The molecule has 6 heteroatoms. The highest BCUT2D eigenvalue weighted by Gasteiger charge is 2.23. The summed E-state index contributed by atoms with van der Waals surface area (Å²) in [5, 5.41) is 0. The molecule has 0 bridgehead atoms. The van der Waals surface area contributed by atoms with Crippen LogP contribution in [-0.4, -0.2) is 36.2 Å². The van der Waals surface area contributed by atoms with Crippen LogP contribution in [0, 0.1) is 0 Å². The summed E-state index contributed by atoms with van der Waals surface area (Å²) in [5.41, 5.74) is 1.20. The second-order valence-corrected chi connectivity index (χ2v) is 5.76. The number of rotatable bonds is 5. The minimum atomic E-state index is -2.52. The quantitative estimate of drug-likeness (QED) is 0.764. The van der Waals surface area contributed by atoms with Gasteiger partial charge in [0.25, 0.3) is 12.3 Å². The first-order chi connectivity index (χ1) is 8.61. The van der Waals surface area contributed by atoms with Crippen molar-refractivity contribution in [1.29, 1.82) is 0 Å². The zero-order valence-corrected chi connectivity index (χ0v) is 11.4. The van der Waals surface area contributed by atoms with E-state index in [1.807, 2.05) is 6.07 Å². The van der Waals surface area contributed by atoms with Gasteiger partial charge in [0.15, 0.2) is 0 Å². The number of hydrogen-bond donors (Lipinski definition) is 0. The molecule has 0 aromatic carbocycles. The molecule has 1 aromatic rings. The van der Waals surface area contributed by atoms with Crippen LogP contribution < -0.4 is 0 Å². The number of halogens is 3. The highest BCUT2D eigenvalue weighted by atomic mass is 35.5. The molecule has 1 aliphatic rings. The van der Waals surface area contributed by atoms with Crippen molar-refractivity contribution < 1.29 is 13.6 Å². The monoisotopic (exact) mass is 293 g/mol. The number of fused-ring (bicyclic) bond motifs is 1. The summed E-state index contributed by atoms with van der Waals surface area (Å²) in [4.78, 5) is 15.0. The van der Waals surface area contributed by atoms with Crippen molar-refractivity contribution in [1.82, 2.24) is 4.90 Å². The lowest BCUT2D eigenvalue weighted by molar-refractivity contribution is 0.0575. The molecule has 0 saturated heterocycles. The Bertz CT molecular complexity index is 414. The predicted octanol–water partition coefficient (Wildman–Crippen LogP) is 3.18. The van der Waals surface area contributed by atoms with E-state index in [1.165, 1.54) is 21.8 Å². The van der Waals surface area contributed by atoms with Gasteiger partial charge in [-0.3, -0.25) is 4.79 Å². The minimum Gasteiger partial charge on any atom is -0.331 e.